The summed E-state index contributed by atoms with van der Waals surface area (Å²) in [6.45, 7) is 5.28. The molecule has 2 amide bonds. The van der Waals surface area contributed by atoms with Gasteiger partial charge in [-0.15, -0.1) is 0 Å². The first kappa shape index (κ1) is 26.2. The Hall–Kier alpha value is -4.71. The van der Waals surface area contributed by atoms with Gasteiger partial charge < -0.3 is 5.32 Å². The van der Waals surface area contributed by atoms with Gasteiger partial charge >= 0.3 is 0 Å². The quantitative estimate of drug-likeness (QED) is 0.231. The molecule has 8 rings (SSSR count). The molecule has 4 bridgehead atoms. The van der Waals surface area contributed by atoms with Crippen LogP contribution in [0.15, 0.2) is 94.8 Å². The Bertz CT molecular complexity index is 1700. The highest BCUT2D eigenvalue weighted by molar-refractivity contribution is 6.06. The summed E-state index contributed by atoms with van der Waals surface area (Å²) in [6.07, 6.45) is 0. The molecule has 4 aliphatic heterocycles. The third kappa shape index (κ3) is 4.77. The Morgan fingerprint density at radius 3 is 1.95 bits per heavy atom. The highest BCUT2D eigenvalue weighted by Crippen LogP contribution is 2.38. The predicted octanol–water partition coefficient (Wildman–Crippen LogP) is 1.72. The minimum absolute atomic E-state index is 0.224. The number of carbonyl (C=O) groups is 2. The van der Waals surface area contributed by atoms with Gasteiger partial charge in [0.15, 0.2) is 6.04 Å². The van der Waals surface area contributed by atoms with Crippen LogP contribution in [-0.4, -0.2) is 82.1 Å². The van der Waals surface area contributed by atoms with Gasteiger partial charge in [-0.25, -0.2) is 10.5 Å². The predicted molar refractivity (Wildman–Crippen MR) is 157 cm³/mol. The lowest BCUT2D eigenvalue weighted by Crippen LogP contribution is -2.74. The van der Waals surface area contributed by atoms with Crippen LogP contribution in [0.4, 0.5) is 0 Å². The zero-order valence-electron chi connectivity index (χ0n) is 22.9. The van der Waals surface area contributed by atoms with Crippen LogP contribution in [0.2, 0.25) is 0 Å². The molecule has 1 aromatic heterocycles. The van der Waals surface area contributed by atoms with Gasteiger partial charge in [0.05, 0.1) is 36.5 Å². The van der Waals surface area contributed by atoms with Crippen LogP contribution in [0.1, 0.15) is 27.7 Å². The summed E-state index contributed by atoms with van der Waals surface area (Å²) in [5.74, 6) is -1.02. The Balaban J connectivity index is 1.27. The van der Waals surface area contributed by atoms with Gasteiger partial charge in [-0.3, -0.25) is 29.1 Å². The Kier molecular flexibility index (Phi) is 6.62. The van der Waals surface area contributed by atoms with Crippen LogP contribution in [0.3, 0.4) is 0 Å². The molecule has 0 aliphatic carbocycles. The summed E-state index contributed by atoms with van der Waals surface area (Å²) in [6, 6.07) is 24.2. The first-order valence-corrected chi connectivity index (χ1v) is 13.9. The van der Waals surface area contributed by atoms with Crippen molar-refractivity contribution in [3.05, 3.63) is 112 Å². The summed E-state index contributed by atoms with van der Waals surface area (Å²) >= 11 is 0. The van der Waals surface area contributed by atoms with Gasteiger partial charge in [-0.2, -0.15) is 10.2 Å². The second-order valence-corrected chi connectivity index (χ2v) is 11.2. The topological polar surface area (TPSA) is 126 Å². The average Bonchev–Trinajstić information content (AvgIpc) is 3.00. The molecular formula is C31H30N8O3. The van der Waals surface area contributed by atoms with Crippen molar-refractivity contribution in [2.45, 2.75) is 6.04 Å². The van der Waals surface area contributed by atoms with Gasteiger partial charge in [0.2, 0.25) is 0 Å². The van der Waals surface area contributed by atoms with E-state index in [1.165, 1.54) is 0 Å². The number of aromatic nitrogens is 2. The molecule has 4 saturated heterocycles. The van der Waals surface area contributed by atoms with Crippen molar-refractivity contribution in [1.29, 1.82) is 0 Å². The Morgan fingerprint density at radius 2 is 1.33 bits per heavy atom. The maximum Gasteiger partial charge on any atom is 0.272 e. The first-order chi connectivity index (χ1) is 20.5. The van der Waals surface area contributed by atoms with Gasteiger partial charge in [-0.1, -0.05) is 66.7 Å². The molecule has 212 valence electrons. The van der Waals surface area contributed by atoms with E-state index in [-0.39, 0.29) is 16.7 Å². The number of aromatic amines is 1. The maximum atomic E-state index is 14.0. The Labute approximate surface area is 241 Å². The molecule has 11 nitrogen and oxygen atoms in total. The molecule has 42 heavy (non-hydrogen) atoms. The third-order valence-corrected chi connectivity index (χ3v) is 8.18. The molecule has 11 heteroatoms. The lowest BCUT2D eigenvalue weighted by molar-refractivity contribution is -0.149. The van der Waals surface area contributed by atoms with Gasteiger partial charge in [0, 0.05) is 30.6 Å². The second kappa shape index (κ2) is 10.6. The van der Waals surface area contributed by atoms with Crippen molar-refractivity contribution < 1.29 is 9.59 Å². The van der Waals surface area contributed by atoms with Crippen molar-refractivity contribution in [3.63, 3.8) is 0 Å². The number of hydrogen-bond donors (Lipinski definition) is 3. The van der Waals surface area contributed by atoms with Gasteiger partial charge in [0.25, 0.3) is 17.4 Å². The molecule has 0 spiro atoms. The zero-order valence-corrected chi connectivity index (χ0v) is 22.9. The van der Waals surface area contributed by atoms with Crippen LogP contribution in [-0.2, 0) is 4.79 Å². The number of rotatable bonds is 7. The van der Waals surface area contributed by atoms with Crippen molar-refractivity contribution in [1.82, 2.24) is 35.6 Å². The lowest BCUT2D eigenvalue weighted by Gasteiger charge is -2.60. The van der Waals surface area contributed by atoms with E-state index < -0.39 is 17.9 Å². The van der Waals surface area contributed by atoms with E-state index >= 15 is 0 Å². The molecule has 4 aromatic rings. The number of nitrogens with one attached hydrogen (secondary N) is 3. The number of H-pyrrole nitrogens is 1. The summed E-state index contributed by atoms with van der Waals surface area (Å²) in [7, 11) is 0. The van der Waals surface area contributed by atoms with Gasteiger partial charge in [0.1, 0.15) is 5.69 Å². The fourth-order valence-electron chi connectivity index (χ4n) is 6.62. The SMILES string of the molecule is O=C(NC(C(=O)N/N=C(\c1ccccc1)C12CN3CN(CN(C3)C1)C2)c1n[nH]c(=O)c2ccccc12)c1ccccc1. The normalized spacial score (nSPS) is 25.2. The molecular weight excluding hydrogens is 532 g/mol. The van der Waals surface area contributed by atoms with E-state index in [9.17, 15) is 14.4 Å². The second-order valence-electron chi connectivity index (χ2n) is 11.2. The van der Waals surface area contributed by atoms with E-state index in [4.69, 9.17) is 5.10 Å². The minimum Gasteiger partial charge on any atom is -0.335 e. The van der Waals surface area contributed by atoms with E-state index in [1.807, 2.05) is 36.4 Å². The summed E-state index contributed by atoms with van der Waals surface area (Å²) in [5, 5.41) is 15.2. The fraction of sp³-hybridized carbons (Fsp3) is 0.258. The van der Waals surface area contributed by atoms with E-state index in [0.29, 0.717) is 16.3 Å². The van der Waals surface area contributed by atoms with Crippen LogP contribution < -0.4 is 16.3 Å². The number of fused-ring (bicyclic) bond motifs is 1. The number of amides is 2. The molecule has 3 aromatic carbocycles. The van der Waals surface area contributed by atoms with E-state index in [2.05, 4.69) is 35.6 Å². The highest BCUT2D eigenvalue weighted by Gasteiger charge is 2.52. The molecule has 0 radical (unpaired) electrons. The minimum atomic E-state index is -1.23. The number of benzene rings is 3. The van der Waals surface area contributed by atoms with E-state index in [0.717, 1.165) is 50.9 Å². The average molecular weight is 563 g/mol. The Morgan fingerprint density at radius 1 is 0.786 bits per heavy atom. The number of nitrogens with zero attached hydrogens (tertiary/aromatic N) is 5. The molecule has 5 heterocycles. The van der Waals surface area contributed by atoms with Crippen molar-refractivity contribution in [3.8, 4) is 0 Å². The molecule has 1 atom stereocenters. The summed E-state index contributed by atoms with van der Waals surface area (Å²) < 4.78 is 0. The lowest BCUT2D eigenvalue weighted by atomic mass is 9.74. The molecule has 4 fully saturated rings. The van der Waals surface area contributed by atoms with Crippen LogP contribution >= 0.6 is 0 Å². The van der Waals surface area contributed by atoms with Crippen molar-refractivity contribution in [2.24, 2.45) is 10.5 Å². The van der Waals surface area contributed by atoms with Crippen molar-refractivity contribution in [2.75, 3.05) is 39.6 Å². The summed E-state index contributed by atoms with van der Waals surface area (Å²) in [5.41, 5.74) is 4.45. The molecule has 3 N–H and O–H groups in total. The van der Waals surface area contributed by atoms with Crippen LogP contribution in [0.5, 0.6) is 0 Å². The number of carbonyl (C=O) groups excluding carboxylic acids is 2. The van der Waals surface area contributed by atoms with Crippen molar-refractivity contribution >= 4 is 28.3 Å². The largest absolute Gasteiger partial charge is 0.335 e. The fourth-order valence-corrected chi connectivity index (χ4v) is 6.62. The van der Waals surface area contributed by atoms with Gasteiger partial charge in [-0.05, 0) is 23.8 Å². The third-order valence-electron chi connectivity index (χ3n) is 8.18. The molecule has 1 unspecified atom stereocenters. The standard InChI is InChI=1S/C31H30N8O3/c40-28(22-11-5-2-6-12-22)32-26(25-23-13-7-8-14-24(23)29(41)35-33-25)30(42)36-34-27(21-9-3-1-4-10-21)31-15-37-18-38(16-31)20-39(17-31)19-37/h1-14,26H,15-20H2,(H,32,40)(H,35,41)(H,36,42)/b34-27+. The highest BCUT2D eigenvalue weighted by atomic mass is 16.2. The van der Waals surface area contributed by atoms with Crippen LogP contribution in [0.25, 0.3) is 10.8 Å². The number of hydrazone groups is 1. The number of hydrogen-bond acceptors (Lipinski definition) is 8. The molecule has 0 saturated carbocycles. The van der Waals surface area contributed by atoms with Crippen LogP contribution in [0, 0.1) is 5.41 Å². The molecule has 4 aliphatic rings. The maximum absolute atomic E-state index is 14.0. The monoisotopic (exact) mass is 562 g/mol. The smallest absolute Gasteiger partial charge is 0.272 e. The zero-order chi connectivity index (χ0) is 28.7. The van der Waals surface area contributed by atoms with E-state index in [1.54, 1.807) is 48.5 Å². The summed E-state index contributed by atoms with van der Waals surface area (Å²) in [4.78, 5) is 47.0. The first-order valence-electron chi connectivity index (χ1n) is 13.9.